The van der Waals surface area contributed by atoms with Crippen LogP contribution in [0.2, 0.25) is 0 Å². The minimum atomic E-state index is -0.323. The molecule has 7 nitrogen and oxygen atoms in total. The van der Waals surface area contributed by atoms with Crippen molar-refractivity contribution in [2.45, 2.75) is 26.2 Å². The number of piperazine rings is 1. The van der Waals surface area contributed by atoms with Gasteiger partial charge in [0.1, 0.15) is 0 Å². The molecule has 0 aromatic heterocycles. The number of nitrogens with two attached hydrogens (primary N) is 1. The lowest BCUT2D eigenvalue weighted by molar-refractivity contribution is -0.136. The SMILES string of the molecule is CCc1ccc(C(=O)N2CCN(CC(=O)N3CCCC(C(N)=O)C3)CC2)cc1. The number of primary amides is 1. The van der Waals surface area contributed by atoms with Crippen LogP contribution in [0.4, 0.5) is 0 Å². The number of amides is 3. The van der Waals surface area contributed by atoms with Gasteiger partial charge in [0.25, 0.3) is 5.91 Å². The van der Waals surface area contributed by atoms with Crippen LogP contribution >= 0.6 is 0 Å². The van der Waals surface area contributed by atoms with E-state index in [4.69, 9.17) is 5.73 Å². The third-order valence-corrected chi connectivity index (χ3v) is 5.80. The fraction of sp³-hybridized carbons (Fsp3) is 0.571. The van der Waals surface area contributed by atoms with Gasteiger partial charge in [-0.1, -0.05) is 19.1 Å². The first-order valence-corrected chi connectivity index (χ1v) is 10.2. The van der Waals surface area contributed by atoms with Crippen LogP contribution in [0.5, 0.6) is 0 Å². The second-order valence-corrected chi connectivity index (χ2v) is 7.70. The zero-order chi connectivity index (χ0) is 20.1. The van der Waals surface area contributed by atoms with Crippen molar-refractivity contribution in [3.63, 3.8) is 0 Å². The number of aryl methyl sites for hydroxylation is 1. The maximum absolute atomic E-state index is 12.7. The van der Waals surface area contributed by atoms with E-state index in [1.54, 1.807) is 4.90 Å². The summed E-state index contributed by atoms with van der Waals surface area (Å²) in [5, 5.41) is 0. The van der Waals surface area contributed by atoms with Crippen LogP contribution in [0, 0.1) is 5.92 Å². The van der Waals surface area contributed by atoms with Crippen molar-refractivity contribution < 1.29 is 14.4 Å². The molecular weight excluding hydrogens is 356 g/mol. The van der Waals surface area contributed by atoms with Crippen molar-refractivity contribution in [2.75, 3.05) is 45.8 Å². The summed E-state index contributed by atoms with van der Waals surface area (Å²) in [5.41, 5.74) is 7.33. The fourth-order valence-corrected chi connectivity index (χ4v) is 3.90. The quantitative estimate of drug-likeness (QED) is 0.808. The molecule has 2 heterocycles. The Labute approximate surface area is 166 Å². The molecule has 7 heteroatoms. The number of benzene rings is 1. The summed E-state index contributed by atoms with van der Waals surface area (Å²) in [4.78, 5) is 42.3. The number of hydrogen-bond acceptors (Lipinski definition) is 4. The number of carbonyl (C=O) groups is 3. The van der Waals surface area contributed by atoms with Gasteiger partial charge in [0.2, 0.25) is 11.8 Å². The minimum Gasteiger partial charge on any atom is -0.369 e. The second-order valence-electron chi connectivity index (χ2n) is 7.70. The smallest absolute Gasteiger partial charge is 0.253 e. The Kier molecular flexibility index (Phi) is 6.67. The van der Waals surface area contributed by atoms with Gasteiger partial charge >= 0.3 is 0 Å². The highest BCUT2D eigenvalue weighted by Gasteiger charge is 2.29. The van der Waals surface area contributed by atoms with Gasteiger partial charge in [0, 0.05) is 44.8 Å². The molecule has 2 saturated heterocycles. The molecular formula is C21H30N4O3. The minimum absolute atomic E-state index is 0.0425. The van der Waals surface area contributed by atoms with Gasteiger partial charge in [0.15, 0.2) is 0 Å². The molecule has 1 aromatic carbocycles. The first kappa shape index (κ1) is 20.3. The maximum atomic E-state index is 12.7. The number of piperidine rings is 1. The third-order valence-electron chi connectivity index (χ3n) is 5.80. The molecule has 2 aliphatic heterocycles. The normalized spacial score (nSPS) is 20.8. The Hall–Kier alpha value is -2.41. The maximum Gasteiger partial charge on any atom is 0.253 e. The number of carbonyl (C=O) groups excluding carboxylic acids is 3. The van der Waals surface area contributed by atoms with Gasteiger partial charge in [0.05, 0.1) is 12.5 Å². The van der Waals surface area contributed by atoms with E-state index in [0.29, 0.717) is 51.4 Å². The molecule has 0 bridgehead atoms. The van der Waals surface area contributed by atoms with Crippen molar-refractivity contribution >= 4 is 17.7 Å². The Bertz CT molecular complexity index is 711. The Morgan fingerprint density at radius 3 is 2.29 bits per heavy atom. The van der Waals surface area contributed by atoms with Crippen LogP contribution in [0.3, 0.4) is 0 Å². The average molecular weight is 386 g/mol. The highest BCUT2D eigenvalue weighted by molar-refractivity contribution is 5.94. The zero-order valence-corrected chi connectivity index (χ0v) is 16.6. The summed E-state index contributed by atoms with van der Waals surface area (Å²) >= 11 is 0. The van der Waals surface area contributed by atoms with Gasteiger partial charge in [-0.05, 0) is 37.0 Å². The van der Waals surface area contributed by atoms with Crippen molar-refractivity contribution in [2.24, 2.45) is 11.7 Å². The van der Waals surface area contributed by atoms with Crippen LogP contribution in [0.25, 0.3) is 0 Å². The summed E-state index contributed by atoms with van der Waals surface area (Å²) in [6, 6.07) is 7.78. The number of nitrogens with zero attached hydrogens (tertiary/aromatic N) is 3. The first-order chi connectivity index (χ1) is 13.5. The third kappa shape index (κ3) is 4.90. The molecule has 2 N–H and O–H groups in total. The van der Waals surface area contributed by atoms with Crippen LogP contribution in [-0.4, -0.2) is 78.2 Å². The van der Waals surface area contributed by atoms with Crippen molar-refractivity contribution in [1.82, 2.24) is 14.7 Å². The topological polar surface area (TPSA) is 87.0 Å². The molecule has 1 atom stereocenters. The molecule has 0 aliphatic carbocycles. The summed E-state index contributed by atoms with van der Waals surface area (Å²) in [6.45, 7) is 6.13. The zero-order valence-electron chi connectivity index (χ0n) is 16.6. The van der Waals surface area contributed by atoms with Gasteiger partial charge in [-0.2, -0.15) is 0 Å². The van der Waals surface area contributed by atoms with Crippen LogP contribution in [0.1, 0.15) is 35.7 Å². The van der Waals surface area contributed by atoms with Gasteiger partial charge < -0.3 is 15.5 Å². The van der Waals surface area contributed by atoms with Gasteiger partial charge in [-0.3, -0.25) is 19.3 Å². The molecule has 0 radical (unpaired) electrons. The van der Waals surface area contributed by atoms with Crippen molar-refractivity contribution in [3.05, 3.63) is 35.4 Å². The molecule has 0 saturated carbocycles. The Morgan fingerprint density at radius 2 is 1.68 bits per heavy atom. The molecule has 2 fully saturated rings. The first-order valence-electron chi connectivity index (χ1n) is 10.2. The van der Waals surface area contributed by atoms with Crippen molar-refractivity contribution in [3.8, 4) is 0 Å². The molecule has 28 heavy (non-hydrogen) atoms. The predicted molar refractivity (Wildman–Crippen MR) is 107 cm³/mol. The summed E-state index contributed by atoms with van der Waals surface area (Å²) in [6.07, 6.45) is 2.54. The number of rotatable bonds is 5. The molecule has 0 spiro atoms. The predicted octanol–water partition coefficient (Wildman–Crippen LogP) is 0.731. The Balaban J connectivity index is 1.47. The van der Waals surface area contributed by atoms with Crippen LogP contribution < -0.4 is 5.73 Å². The van der Waals surface area contributed by atoms with Crippen LogP contribution in [0.15, 0.2) is 24.3 Å². The lowest BCUT2D eigenvalue weighted by atomic mass is 9.97. The molecule has 152 valence electrons. The van der Waals surface area contributed by atoms with Gasteiger partial charge in [-0.25, -0.2) is 0 Å². The van der Waals surface area contributed by atoms with E-state index < -0.39 is 0 Å². The Morgan fingerprint density at radius 1 is 1.00 bits per heavy atom. The average Bonchev–Trinajstić information content (AvgIpc) is 2.74. The number of hydrogen-bond donors (Lipinski definition) is 1. The highest BCUT2D eigenvalue weighted by atomic mass is 16.2. The standard InChI is InChI=1S/C21H30N4O3/c1-2-16-5-7-17(8-6-16)21(28)24-12-10-23(11-13-24)15-19(26)25-9-3-4-18(14-25)20(22)27/h5-8,18H,2-4,9-15H2,1H3,(H2,22,27). The van der Waals surface area contributed by atoms with E-state index in [0.717, 1.165) is 19.3 Å². The molecule has 1 aromatic rings. The van der Waals surface area contributed by atoms with E-state index in [1.165, 1.54) is 5.56 Å². The molecule has 3 amide bonds. The summed E-state index contributed by atoms with van der Waals surface area (Å²) in [5.74, 6) is -0.460. The van der Waals surface area contributed by atoms with E-state index in [9.17, 15) is 14.4 Å². The van der Waals surface area contributed by atoms with E-state index in [1.807, 2.05) is 29.2 Å². The number of likely N-dealkylation sites (tertiary alicyclic amines) is 1. The van der Waals surface area contributed by atoms with E-state index in [2.05, 4.69) is 11.8 Å². The van der Waals surface area contributed by atoms with Crippen LogP contribution in [-0.2, 0) is 16.0 Å². The van der Waals surface area contributed by atoms with Crippen molar-refractivity contribution in [1.29, 1.82) is 0 Å². The summed E-state index contributed by atoms with van der Waals surface area (Å²) < 4.78 is 0. The summed E-state index contributed by atoms with van der Waals surface area (Å²) in [7, 11) is 0. The van der Waals surface area contributed by atoms with E-state index in [-0.39, 0.29) is 23.6 Å². The largest absolute Gasteiger partial charge is 0.369 e. The lowest BCUT2D eigenvalue weighted by Crippen LogP contribution is -2.53. The second kappa shape index (κ2) is 9.19. The lowest BCUT2D eigenvalue weighted by Gasteiger charge is -2.37. The van der Waals surface area contributed by atoms with Gasteiger partial charge in [-0.15, -0.1) is 0 Å². The highest BCUT2D eigenvalue weighted by Crippen LogP contribution is 2.17. The molecule has 1 unspecified atom stereocenters. The van der Waals surface area contributed by atoms with E-state index >= 15 is 0 Å². The molecule has 3 rings (SSSR count). The fourth-order valence-electron chi connectivity index (χ4n) is 3.90. The monoisotopic (exact) mass is 386 g/mol. The molecule has 2 aliphatic rings.